The van der Waals surface area contributed by atoms with Crippen LogP contribution in [-0.4, -0.2) is 19.9 Å². The van der Waals surface area contributed by atoms with Gasteiger partial charge in [0.1, 0.15) is 11.6 Å². The van der Waals surface area contributed by atoms with Gasteiger partial charge in [-0.25, -0.2) is 22.5 Å². The number of nitrogens with one attached hydrogen (secondary N) is 1. The highest BCUT2D eigenvalue weighted by atomic mass is 35.5. The molecule has 0 radical (unpaired) electrons. The quantitative estimate of drug-likeness (QED) is 0.686. The molecule has 0 unspecified atom stereocenters. The summed E-state index contributed by atoms with van der Waals surface area (Å²) in [6.07, 6.45) is 0.364. The molecule has 3 rings (SSSR count). The zero-order valence-corrected chi connectivity index (χ0v) is 15.4. The Bertz CT molecular complexity index is 1000. The Kier molecular flexibility index (Phi) is 5.41. The van der Waals surface area contributed by atoms with Crippen molar-refractivity contribution in [2.75, 3.05) is 6.54 Å². The summed E-state index contributed by atoms with van der Waals surface area (Å²) < 4.78 is 45.6. The van der Waals surface area contributed by atoms with E-state index < -0.39 is 10.0 Å². The summed E-state index contributed by atoms with van der Waals surface area (Å²) in [7, 11) is -3.62. The predicted molar refractivity (Wildman–Crippen MR) is 97.0 cm³/mol. The van der Waals surface area contributed by atoms with Crippen LogP contribution < -0.4 is 4.72 Å². The Balaban J connectivity index is 1.66. The van der Waals surface area contributed by atoms with Gasteiger partial charge in [0.15, 0.2) is 0 Å². The minimum absolute atomic E-state index is 0.144. The van der Waals surface area contributed by atoms with Crippen molar-refractivity contribution >= 4 is 21.6 Å². The highest BCUT2D eigenvalue weighted by Gasteiger charge is 2.15. The molecule has 0 spiro atoms. The molecule has 5 nitrogen and oxygen atoms in total. The second-order valence-electron chi connectivity index (χ2n) is 5.63. The van der Waals surface area contributed by atoms with Crippen molar-refractivity contribution in [1.82, 2.24) is 9.71 Å². The third kappa shape index (κ3) is 4.30. The third-order valence-electron chi connectivity index (χ3n) is 3.76. The number of halogens is 2. The lowest BCUT2D eigenvalue weighted by Crippen LogP contribution is -2.26. The number of hydrogen-bond donors (Lipinski definition) is 1. The summed E-state index contributed by atoms with van der Waals surface area (Å²) in [5.41, 5.74) is 1.30. The number of nitrogens with zero attached hydrogens (tertiary/aromatic N) is 1. The van der Waals surface area contributed by atoms with Crippen LogP contribution in [-0.2, 0) is 16.4 Å². The molecule has 0 atom stereocenters. The van der Waals surface area contributed by atoms with Gasteiger partial charge in [-0.1, -0.05) is 11.6 Å². The van der Waals surface area contributed by atoms with Crippen molar-refractivity contribution in [2.24, 2.45) is 0 Å². The molecule has 3 aromatic rings. The molecule has 1 aromatic heterocycles. The number of oxazole rings is 1. The van der Waals surface area contributed by atoms with E-state index in [0.29, 0.717) is 34.4 Å². The Labute approximate surface area is 155 Å². The van der Waals surface area contributed by atoms with Crippen LogP contribution in [0.1, 0.15) is 11.5 Å². The topological polar surface area (TPSA) is 72.2 Å². The molecule has 0 bridgehead atoms. The Morgan fingerprint density at radius 1 is 1.12 bits per heavy atom. The summed E-state index contributed by atoms with van der Waals surface area (Å²) in [6, 6.07) is 11.7. The first-order valence-electron chi connectivity index (χ1n) is 7.82. The molecule has 0 aliphatic rings. The average molecular weight is 395 g/mol. The monoisotopic (exact) mass is 394 g/mol. The second kappa shape index (κ2) is 7.57. The molecule has 26 heavy (non-hydrogen) atoms. The van der Waals surface area contributed by atoms with E-state index in [0.717, 1.165) is 0 Å². The second-order valence-corrected chi connectivity index (χ2v) is 7.83. The largest absolute Gasteiger partial charge is 0.441 e. The van der Waals surface area contributed by atoms with Crippen molar-refractivity contribution in [2.45, 2.75) is 18.2 Å². The Hall–Kier alpha value is -2.22. The molecule has 0 aliphatic carbocycles. The molecule has 8 heteroatoms. The van der Waals surface area contributed by atoms with Crippen molar-refractivity contribution in [3.63, 3.8) is 0 Å². The maximum Gasteiger partial charge on any atom is 0.240 e. The number of aryl methyl sites for hydroxylation is 1. The van der Waals surface area contributed by atoms with Crippen molar-refractivity contribution < 1.29 is 17.2 Å². The molecule has 136 valence electrons. The first-order chi connectivity index (χ1) is 12.3. The minimum Gasteiger partial charge on any atom is -0.441 e. The zero-order chi connectivity index (χ0) is 18.7. The standard InChI is InChI=1S/C18H16ClFN2O3S/c1-12-17(22-18(25-12)13-2-6-15(20)7-3-13)10-11-21-26(23,24)16-8-4-14(19)5-9-16/h2-9,21H,10-11H2,1H3. The molecule has 0 saturated carbocycles. The van der Waals surface area contributed by atoms with E-state index in [-0.39, 0.29) is 17.3 Å². The van der Waals surface area contributed by atoms with Gasteiger partial charge in [0.05, 0.1) is 10.6 Å². The van der Waals surface area contributed by atoms with E-state index in [4.69, 9.17) is 16.0 Å². The van der Waals surface area contributed by atoms with E-state index in [2.05, 4.69) is 9.71 Å². The molecule has 1 heterocycles. The predicted octanol–water partition coefficient (Wildman–Crippen LogP) is 3.96. The summed E-state index contributed by atoms with van der Waals surface area (Å²) in [6.45, 7) is 1.92. The lowest BCUT2D eigenvalue weighted by Gasteiger charge is -2.06. The molecule has 0 aliphatic heterocycles. The normalized spacial score (nSPS) is 11.7. The van der Waals surface area contributed by atoms with E-state index in [9.17, 15) is 12.8 Å². The first-order valence-corrected chi connectivity index (χ1v) is 9.69. The van der Waals surface area contributed by atoms with E-state index in [1.165, 1.54) is 36.4 Å². The van der Waals surface area contributed by atoms with E-state index in [1.807, 2.05) is 0 Å². The molecular formula is C18H16ClFN2O3S. The van der Waals surface area contributed by atoms with Gasteiger partial charge in [-0.2, -0.15) is 0 Å². The highest BCUT2D eigenvalue weighted by Crippen LogP contribution is 2.22. The van der Waals surface area contributed by atoms with Crippen LogP contribution in [0.3, 0.4) is 0 Å². The van der Waals surface area contributed by atoms with Crippen molar-refractivity contribution in [1.29, 1.82) is 0 Å². The zero-order valence-electron chi connectivity index (χ0n) is 13.9. The average Bonchev–Trinajstić information content (AvgIpc) is 2.97. The summed E-state index contributed by atoms with van der Waals surface area (Å²) in [5.74, 6) is 0.627. The van der Waals surface area contributed by atoms with Gasteiger partial charge in [0, 0.05) is 23.6 Å². The number of aromatic nitrogens is 1. The van der Waals surface area contributed by atoms with Crippen LogP contribution in [0.25, 0.3) is 11.5 Å². The van der Waals surface area contributed by atoms with Crippen LogP contribution >= 0.6 is 11.6 Å². The van der Waals surface area contributed by atoms with Gasteiger partial charge in [0.2, 0.25) is 15.9 Å². The van der Waals surface area contributed by atoms with Gasteiger partial charge < -0.3 is 4.42 Å². The van der Waals surface area contributed by atoms with Gasteiger partial charge in [-0.15, -0.1) is 0 Å². The number of benzene rings is 2. The number of rotatable bonds is 6. The van der Waals surface area contributed by atoms with Gasteiger partial charge in [-0.05, 0) is 55.5 Å². The fourth-order valence-corrected chi connectivity index (χ4v) is 3.53. The van der Waals surface area contributed by atoms with Gasteiger partial charge in [0.25, 0.3) is 0 Å². The number of sulfonamides is 1. The number of hydrogen-bond acceptors (Lipinski definition) is 4. The molecular weight excluding hydrogens is 379 g/mol. The lowest BCUT2D eigenvalue weighted by atomic mass is 10.2. The van der Waals surface area contributed by atoms with Crippen molar-refractivity contribution in [3.8, 4) is 11.5 Å². The molecule has 0 fully saturated rings. The molecule has 2 aromatic carbocycles. The molecule has 1 N–H and O–H groups in total. The smallest absolute Gasteiger partial charge is 0.240 e. The van der Waals surface area contributed by atoms with Crippen LogP contribution in [0.5, 0.6) is 0 Å². The van der Waals surface area contributed by atoms with Crippen LogP contribution in [0.15, 0.2) is 57.8 Å². The third-order valence-corrected chi connectivity index (χ3v) is 5.49. The summed E-state index contributed by atoms with van der Waals surface area (Å²) in [4.78, 5) is 4.52. The SMILES string of the molecule is Cc1oc(-c2ccc(F)cc2)nc1CCNS(=O)(=O)c1ccc(Cl)cc1. The van der Waals surface area contributed by atoms with Crippen LogP contribution in [0.4, 0.5) is 4.39 Å². The van der Waals surface area contributed by atoms with E-state index >= 15 is 0 Å². The first kappa shape index (κ1) is 18.6. The van der Waals surface area contributed by atoms with Crippen molar-refractivity contribution in [3.05, 3.63) is 70.8 Å². The van der Waals surface area contributed by atoms with Gasteiger partial charge >= 0.3 is 0 Å². The molecule has 0 saturated heterocycles. The molecule has 0 amide bonds. The highest BCUT2D eigenvalue weighted by molar-refractivity contribution is 7.89. The van der Waals surface area contributed by atoms with Crippen LogP contribution in [0, 0.1) is 12.7 Å². The van der Waals surface area contributed by atoms with E-state index in [1.54, 1.807) is 19.1 Å². The fourth-order valence-electron chi connectivity index (χ4n) is 2.38. The maximum absolute atomic E-state index is 13.0. The Morgan fingerprint density at radius 2 is 1.77 bits per heavy atom. The lowest BCUT2D eigenvalue weighted by molar-refractivity contribution is 0.538. The summed E-state index contributed by atoms with van der Waals surface area (Å²) >= 11 is 5.77. The summed E-state index contributed by atoms with van der Waals surface area (Å²) in [5, 5.41) is 0.468. The minimum atomic E-state index is -3.62. The Morgan fingerprint density at radius 3 is 2.42 bits per heavy atom. The maximum atomic E-state index is 13.0. The van der Waals surface area contributed by atoms with Gasteiger partial charge in [-0.3, -0.25) is 0 Å². The fraction of sp³-hybridized carbons (Fsp3) is 0.167. The van der Waals surface area contributed by atoms with Crippen LogP contribution in [0.2, 0.25) is 5.02 Å².